The van der Waals surface area contributed by atoms with E-state index in [2.05, 4.69) is 10.6 Å². The molecule has 2 rings (SSSR count). The van der Waals surface area contributed by atoms with Crippen molar-refractivity contribution in [1.29, 1.82) is 0 Å². The van der Waals surface area contributed by atoms with Crippen LogP contribution in [0.15, 0.2) is 42.5 Å². The van der Waals surface area contributed by atoms with Crippen LogP contribution in [-0.4, -0.2) is 20.8 Å². The highest BCUT2D eigenvalue weighted by molar-refractivity contribution is 6.68. The molecule has 2 aromatic carbocycles. The third-order valence-corrected chi connectivity index (χ3v) is 4.57. The minimum absolute atomic E-state index is 0.145. The fraction of sp³-hybridized carbons (Fsp3) is 0.133. The molecule has 0 saturated carbocycles. The highest BCUT2D eigenvalue weighted by Gasteiger charge is 2.34. The Bertz CT molecular complexity index is 824. The Kier molecular flexibility index (Phi) is 6.82. The van der Waals surface area contributed by atoms with Crippen LogP contribution in [0, 0.1) is 10.1 Å². The zero-order chi connectivity index (χ0) is 19.5. The van der Waals surface area contributed by atoms with Crippen molar-refractivity contribution >= 4 is 75.3 Å². The number of alkyl halides is 3. The number of carbonyl (C=O) groups excluding carboxylic acids is 1. The summed E-state index contributed by atoms with van der Waals surface area (Å²) in [5.74, 6) is -0.594. The number of rotatable bonds is 5. The molecule has 0 radical (unpaired) electrons. The Hall–Kier alpha value is -1.44. The number of carbonyl (C=O) groups is 1. The van der Waals surface area contributed by atoms with Gasteiger partial charge in [0, 0.05) is 23.4 Å². The molecule has 2 N–H and O–H groups in total. The van der Waals surface area contributed by atoms with Crippen LogP contribution in [0.1, 0.15) is 10.4 Å². The van der Waals surface area contributed by atoms with Crippen molar-refractivity contribution in [2.75, 3.05) is 5.32 Å². The van der Waals surface area contributed by atoms with E-state index in [1.165, 1.54) is 30.3 Å². The van der Waals surface area contributed by atoms with Gasteiger partial charge in [0.1, 0.15) is 6.17 Å². The zero-order valence-electron chi connectivity index (χ0n) is 12.7. The SMILES string of the molecule is O=C(N[C@H](Nc1ccc(Cl)c(Cl)c1)C(Cl)(Cl)Cl)c1ccc([N+](=O)[O-])cc1. The van der Waals surface area contributed by atoms with Gasteiger partial charge in [0.25, 0.3) is 11.6 Å². The van der Waals surface area contributed by atoms with Crippen molar-refractivity contribution in [2.24, 2.45) is 0 Å². The Balaban J connectivity index is 2.18. The maximum absolute atomic E-state index is 12.4. The lowest BCUT2D eigenvalue weighted by Crippen LogP contribution is -2.49. The summed E-state index contributed by atoms with van der Waals surface area (Å²) in [6.07, 6.45) is -1.12. The largest absolute Gasteiger partial charge is 0.362 e. The molecule has 0 aliphatic heterocycles. The molecule has 0 spiro atoms. The number of nitro benzene ring substituents is 1. The van der Waals surface area contributed by atoms with Crippen LogP contribution < -0.4 is 10.6 Å². The molecule has 26 heavy (non-hydrogen) atoms. The Morgan fingerprint density at radius 1 is 1.04 bits per heavy atom. The van der Waals surface area contributed by atoms with Crippen LogP contribution in [0.3, 0.4) is 0 Å². The molecule has 1 atom stereocenters. The van der Waals surface area contributed by atoms with Crippen LogP contribution in [0.2, 0.25) is 10.0 Å². The van der Waals surface area contributed by atoms with Crippen LogP contribution in [0.25, 0.3) is 0 Å². The van der Waals surface area contributed by atoms with Crippen molar-refractivity contribution in [3.05, 3.63) is 68.2 Å². The van der Waals surface area contributed by atoms with Gasteiger partial charge in [-0.15, -0.1) is 0 Å². The van der Waals surface area contributed by atoms with Crippen LogP contribution in [0.4, 0.5) is 11.4 Å². The smallest absolute Gasteiger partial charge is 0.269 e. The van der Waals surface area contributed by atoms with Gasteiger partial charge < -0.3 is 10.6 Å². The number of hydrogen-bond acceptors (Lipinski definition) is 4. The summed E-state index contributed by atoms with van der Waals surface area (Å²) in [5.41, 5.74) is 0.471. The van der Waals surface area contributed by atoms with E-state index < -0.39 is 20.8 Å². The molecule has 0 aliphatic carbocycles. The number of nitro groups is 1. The number of nitrogens with one attached hydrogen (secondary N) is 2. The fourth-order valence-electron chi connectivity index (χ4n) is 1.90. The third-order valence-electron chi connectivity index (χ3n) is 3.17. The van der Waals surface area contributed by atoms with E-state index in [0.29, 0.717) is 10.7 Å². The fourth-order valence-corrected chi connectivity index (χ4v) is 2.53. The monoisotopic (exact) mass is 455 g/mol. The first-order valence-electron chi connectivity index (χ1n) is 6.91. The van der Waals surface area contributed by atoms with Crippen molar-refractivity contribution < 1.29 is 9.72 Å². The van der Waals surface area contributed by atoms with Crippen molar-refractivity contribution in [3.8, 4) is 0 Å². The molecule has 0 aromatic heterocycles. The van der Waals surface area contributed by atoms with Gasteiger partial charge in [-0.2, -0.15) is 0 Å². The minimum Gasteiger partial charge on any atom is -0.362 e. The summed E-state index contributed by atoms with van der Waals surface area (Å²) in [6.45, 7) is 0. The highest BCUT2D eigenvalue weighted by atomic mass is 35.6. The minimum atomic E-state index is -1.90. The first kappa shape index (κ1) is 20.9. The van der Waals surface area contributed by atoms with E-state index in [1.54, 1.807) is 12.1 Å². The van der Waals surface area contributed by atoms with Gasteiger partial charge in [-0.3, -0.25) is 14.9 Å². The number of hydrogen-bond donors (Lipinski definition) is 2. The number of benzene rings is 2. The Labute approximate surface area is 173 Å². The first-order valence-corrected chi connectivity index (χ1v) is 8.80. The summed E-state index contributed by atoms with van der Waals surface area (Å²) in [6, 6.07) is 9.63. The van der Waals surface area contributed by atoms with Gasteiger partial charge in [-0.05, 0) is 30.3 Å². The van der Waals surface area contributed by atoms with Gasteiger partial charge in [0.05, 0.1) is 15.0 Å². The standard InChI is InChI=1S/C15H10Cl5N3O3/c16-11-6-3-9(7-12(11)17)21-14(15(18,19)20)22-13(24)8-1-4-10(5-2-8)23(25)26/h1-7,14,21H,(H,22,24)/t14-/m0/s1. The van der Waals surface area contributed by atoms with Crippen molar-refractivity contribution in [3.63, 3.8) is 0 Å². The summed E-state index contributed by atoms with van der Waals surface area (Å²) in [5, 5.41) is 16.6. The normalized spacial score (nSPS) is 12.3. The van der Waals surface area contributed by atoms with E-state index in [-0.39, 0.29) is 16.3 Å². The van der Waals surface area contributed by atoms with E-state index in [1.807, 2.05) is 0 Å². The number of anilines is 1. The average Bonchev–Trinajstić information content (AvgIpc) is 2.56. The van der Waals surface area contributed by atoms with Gasteiger partial charge in [-0.1, -0.05) is 58.0 Å². The Morgan fingerprint density at radius 2 is 1.65 bits per heavy atom. The zero-order valence-corrected chi connectivity index (χ0v) is 16.5. The van der Waals surface area contributed by atoms with Gasteiger partial charge in [0.15, 0.2) is 0 Å². The molecule has 2 aromatic rings. The van der Waals surface area contributed by atoms with Crippen molar-refractivity contribution in [2.45, 2.75) is 9.96 Å². The molecule has 1 amide bonds. The molecule has 11 heteroatoms. The number of amides is 1. The summed E-state index contributed by atoms with van der Waals surface area (Å²) < 4.78 is -1.90. The second kappa shape index (κ2) is 8.50. The molecule has 0 aliphatic rings. The molecule has 0 fully saturated rings. The third kappa shape index (κ3) is 5.53. The molecule has 0 saturated heterocycles. The quantitative estimate of drug-likeness (QED) is 0.271. The number of halogens is 5. The van der Waals surface area contributed by atoms with E-state index in [4.69, 9.17) is 58.0 Å². The molecule has 0 bridgehead atoms. The Morgan fingerprint density at radius 3 is 2.15 bits per heavy atom. The summed E-state index contributed by atoms with van der Waals surface area (Å²) >= 11 is 29.6. The highest BCUT2D eigenvalue weighted by Crippen LogP contribution is 2.32. The van der Waals surface area contributed by atoms with Crippen molar-refractivity contribution in [1.82, 2.24) is 5.32 Å². The van der Waals surface area contributed by atoms with E-state index >= 15 is 0 Å². The topological polar surface area (TPSA) is 84.3 Å². The number of nitrogens with zero attached hydrogens (tertiary/aromatic N) is 1. The summed E-state index contributed by atoms with van der Waals surface area (Å²) in [7, 11) is 0. The van der Waals surface area contributed by atoms with Gasteiger partial charge in [0.2, 0.25) is 3.79 Å². The predicted molar refractivity (Wildman–Crippen MR) is 105 cm³/mol. The molecule has 138 valence electrons. The lowest BCUT2D eigenvalue weighted by molar-refractivity contribution is -0.384. The maximum Gasteiger partial charge on any atom is 0.269 e. The maximum atomic E-state index is 12.4. The molecule has 0 unspecified atom stereocenters. The lowest BCUT2D eigenvalue weighted by Gasteiger charge is -2.27. The van der Waals surface area contributed by atoms with Crippen LogP contribution >= 0.6 is 58.0 Å². The number of non-ortho nitro benzene ring substituents is 1. The van der Waals surface area contributed by atoms with Crippen LogP contribution in [0.5, 0.6) is 0 Å². The van der Waals surface area contributed by atoms with Gasteiger partial charge in [-0.25, -0.2) is 0 Å². The second-order valence-corrected chi connectivity index (χ2v) is 8.21. The molecule has 0 heterocycles. The first-order chi connectivity index (χ1) is 12.1. The van der Waals surface area contributed by atoms with Gasteiger partial charge >= 0.3 is 0 Å². The predicted octanol–water partition coefficient (Wildman–Crippen LogP) is 5.44. The average molecular weight is 458 g/mol. The van der Waals surface area contributed by atoms with Crippen LogP contribution in [-0.2, 0) is 0 Å². The molecular weight excluding hydrogens is 447 g/mol. The second-order valence-electron chi connectivity index (χ2n) is 5.03. The molecular formula is C15H10Cl5N3O3. The van der Waals surface area contributed by atoms with E-state index in [9.17, 15) is 14.9 Å². The lowest BCUT2D eigenvalue weighted by atomic mass is 10.2. The summed E-state index contributed by atoms with van der Waals surface area (Å²) in [4.78, 5) is 22.4. The van der Waals surface area contributed by atoms with E-state index in [0.717, 1.165) is 0 Å². The molecule has 6 nitrogen and oxygen atoms in total.